The highest BCUT2D eigenvalue weighted by Gasteiger charge is 2.23. The van der Waals surface area contributed by atoms with Crippen molar-refractivity contribution in [1.82, 2.24) is 4.90 Å². The van der Waals surface area contributed by atoms with Gasteiger partial charge in [0.25, 0.3) is 0 Å². The smallest absolute Gasteiger partial charge is 0.209 e. The van der Waals surface area contributed by atoms with Gasteiger partial charge in [-0.25, -0.2) is 0 Å². The molecule has 2 unspecified atom stereocenters. The molecule has 1 aliphatic rings. The van der Waals surface area contributed by atoms with Crippen molar-refractivity contribution in [1.29, 1.82) is 0 Å². The molecule has 1 fully saturated rings. The molecule has 1 heterocycles. The predicted octanol–water partition coefficient (Wildman–Crippen LogP) is 2.29. The van der Waals surface area contributed by atoms with E-state index in [0.29, 0.717) is 0 Å². The number of likely N-dealkylation sites (tertiary alicyclic amines) is 1. The van der Waals surface area contributed by atoms with E-state index < -0.39 is 0 Å². The standard InChI is InChI=1S/C11H21NO/c1-3-10-6-5-7-12(9-13)8-11(10)4-2/h9-11H,3-8H2,1-2H3. The van der Waals surface area contributed by atoms with Crippen LogP contribution in [0.5, 0.6) is 0 Å². The average Bonchev–Trinajstić information content (AvgIpc) is 2.38. The number of amides is 1. The summed E-state index contributed by atoms with van der Waals surface area (Å²) in [5.74, 6) is 1.58. The molecule has 0 aromatic carbocycles. The maximum atomic E-state index is 10.7. The Balaban J connectivity index is 2.55. The summed E-state index contributed by atoms with van der Waals surface area (Å²) in [6.07, 6.45) is 5.99. The van der Waals surface area contributed by atoms with E-state index in [4.69, 9.17) is 0 Å². The monoisotopic (exact) mass is 183 g/mol. The second-order valence-corrected chi connectivity index (χ2v) is 4.08. The molecule has 1 aliphatic heterocycles. The van der Waals surface area contributed by atoms with Gasteiger partial charge < -0.3 is 4.90 Å². The highest BCUT2D eigenvalue weighted by atomic mass is 16.1. The van der Waals surface area contributed by atoms with Crippen molar-refractivity contribution in [2.24, 2.45) is 11.8 Å². The minimum absolute atomic E-state index is 0.734. The minimum atomic E-state index is 0.734. The van der Waals surface area contributed by atoms with Crippen LogP contribution in [0, 0.1) is 11.8 Å². The molecule has 0 radical (unpaired) electrons. The Morgan fingerprint density at radius 2 is 2.00 bits per heavy atom. The Hall–Kier alpha value is -0.530. The first-order chi connectivity index (χ1) is 6.31. The number of rotatable bonds is 3. The van der Waals surface area contributed by atoms with E-state index in [1.165, 1.54) is 25.7 Å². The van der Waals surface area contributed by atoms with Gasteiger partial charge in [0.15, 0.2) is 0 Å². The van der Waals surface area contributed by atoms with Crippen LogP contribution in [0.4, 0.5) is 0 Å². The first-order valence-electron chi connectivity index (χ1n) is 5.51. The summed E-state index contributed by atoms with van der Waals surface area (Å²) in [6.45, 7) is 6.46. The van der Waals surface area contributed by atoms with E-state index in [1.54, 1.807) is 0 Å². The summed E-state index contributed by atoms with van der Waals surface area (Å²) >= 11 is 0. The molecule has 0 aliphatic carbocycles. The third-order valence-corrected chi connectivity index (χ3v) is 3.35. The van der Waals surface area contributed by atoms with E-state index in [1.807, 2.05) is 4.90 Å². The first kappa shape index (κ1) is 10.6. The van der Waals surface area contributed by atoms with Crippen molar-refractivity contribution in [3.05, 3.63) is 0 Å². The van der Waals surface area contributed by atoms with Crippen molar-refractivity contribution < 1.29 is 4.79 Å². The van der Waals surface area contributed by atoms with Crippen LogP contribution in [-0.2, 0) is 4.79 Å². The molecular formula is C11H21NO. The maximum absolute atomic E-state index is 10.7. The van der Waals surface area contributed by atoms with Crippen LogP contribution in [0.25, 0.3) is 0 Å². The van der Waals surface area contributed by atoms with E-state index in [-0.39, 0.29) is 0 Å². The Morgan fingerprint density at radius 1 is 1.31 bits per heavy atom. The highest BCUT2D eigenvalue weighted by molar-refractivity contribution is 5.47. The third kappa shape index (κ3) is 2.71. The number of carbonyl (C=O) groups is 1. The lowest BCUT2D eigenvalue weighted by Crippen LogP contribution is -2.28. The summed E-state index contributed by atoms with van der Waals surface area (Å²) < 4.78 is 0. The Bertz CT molecular complexity index is 158. The summed E-state index contributed by atoms with van der Waals surface area (Å²) in [4.78, 5) is 12.6. The maximum Gasteiger partial charge on any atom is 0.209 e. The Labute approximate surface area is 81.3 Å². The fourth-order valence-electron chi connectivity index (χ4n) is 2.43. The van der Waals surface area contributed by atoms with E-state index >= 15 is 0 Å². The first-order valence-corrected chi connectivity index (χ1v) is 5.51. The van der Waals surface area contributed by atoms with Crippen LogP contribution in [0.1, 0.15) is 39.5 Å². The largest absolute Gasteiger partial charge is 0.345 e. The summed E-state index contributed by atoms with van der Waals surface area (Å²) in [6, 6.07) is 0. The van der Waals surface area contributed by atoms with Gasteiger partial charge in [0.2, 0.25) is 6.41 Å². The summed E-state index contributed by atoms with van der Waals surface area (Å²) in [7, 11) is 0. The van der Waals surface area contributed by atoms with Crippen molar-refractivity contribution in [3.8, 4) is 0 Å². The van der Waals surface area contributed by atoms with E-state index in [2.05, 4.69) is 13.8 Å². The molecule has 13 heavy (non-hydrogen) atoms. The van der Waals surface area contributed by atoms with Gasteiger partial charge in [-0.2, -0.15) is 0 Å². The van der Waals surface area contributed by atoms with Crippen LogP contribution >= 0.6 is 0 Å². The molecule has 0 aromatic rings. The molecule has 2 nitrogen and oxygen atoms in total. The van der Waals surface area contributed by atoms with Gasteiger partial charge in [-0.3, -0.25) is 4.79 Å². The van der Waals surface area contributed by atoms with Gasteiger partial charge in [-0.1, -0.05) is 26.7 Å². The lowest BCUT2D eigenvalue weighted by molar-refractivity contribution is -0.118. The lowest BCUT2D eigenvalue weighted by atomic mass is 9.85. The van der Waals surface area contributed by atoms with Crippen LogP contribution in [0.2, 0.25) is 0 Å². The van der Waals surface area contributed by atoms with Crippen molar-refractivity contribution in [2.75, 3.05) is 13.1 Å². The topological polar surface area (TPSA) is 20.3 Å². The zero-order valence-electron chi connectivity index (χ0n) is 8.83. The third-order valence-electron chi connectivity index (χ3n) is 3.35. The lowest BCUT2D eigenvalue weighted by Gasteiger charge is -2.24. The molecule has 1 rings (SSSR count). The van der Waals surface area contributed by atoms with Gasteiger partial charge >= 0.3 is 0 Å². The quantitative estimate of drug-likeness (QED) is 0.615. The molecular weight excluding hydrogens is 162 g/mol. The van der Waals surface area contributed by atoms with Crippen LogP contribution in [-0.4, -0.2) is 24.4 Å². The molecule has 0 aromatic heterocycles. The highest BCUT2D eigenvalue weighted by Crippen LogP contribution is 2.27. The fraction of sp³-hybridized carbons (Fsp3) is 0.909. The number of hydrogen-bond acceptors (Lipinski definition) is 1. The van der Waals surface area contributed by atoms with Gasteiger partial charge in [0, 0.05) is 13.1 Å². The minimum Gasteiger partial charge on any atom is -0.345 e. The zero-order chi connectivity index (χ0) is 9.68. The summed E-state index contributed by atoms with van der Waals surface area (Å²) in [5, 5.41) is 0. The van der Waals surface area contributed by atoms with Gasteiger partial charge in [-0.15, -0.1) is 0 Å². The second kappa shape index (κ2) is 5.25. The van der Waals surface area contributed by atoms with Crippen molar-refractivity contribution in [3.63, 3.8) is 0 Å². The molecule has 2 atom stereocenters. The predicted molar refractivity (Wildman–Crippen MR) is 54.4 cm³/mol. The van der Waals surface area contributed by atoms with Crippen molar-refractivity contribution >= 4 is 6.41 Å². The molecule has 0 saturated carbocycles. The number of hydrogen-bond donors (Lipinski definition) is 0. The Kier molecular flexibility index (Phi) is 4.26. The van der Waals surface area contributed by atoms with Gasteiger partial charge in [0.1, 0.15) is 0 Å². The normalized spacial score (nSPS) is 29.8. The molecule has 0 bridgehead atoms. The molecule has 0 N–H and O–H groups in total. The van der Waals surface area contributed by atoms with Gasteiger partial charge in [0.05, 0.1) is 0 Å². The van der Waals surface area contributed by atoms with Crippen LogP contribution in [0.15, 0.2) is 0 Å². The number of carbonyl (C=O) groups excluding carboxylic acids is 1. The second-order valence-electron chi connectivity index (χ2n) is 4.08. The molecule has 76 valence electrons. The average molecular weight is 183 g/mol. The van der Waals surface area contributed by atoms with E-state index in [0.717, 1.165) is 31.3 Å². The summed E-state index contributed by atoms with van der Waals surface area (Å²) in [5.41, 5.74) is 0. The SMILES string of the molecule is CCC1CCCN(C=O)CC1CC. The zero-order valence-corrected chi connectivity index (χ0v) is 8.83. The van der Waals surface area contributed by atoms with Crippen molar-refractivity contribution in [2.45, 2.75) is 39.5 Å². The molecule has 1 saturated heterocycles. The molecule has 0 spiro atoms. The number of nitrogens with zero attached hydrogens (tertiary/aromatic N) is 1. The molecule has 2 heteroatoms. The van der Waals surface area contributed by atoms with Crippen LogP contribution < -0.4 is 0 Å². The van der Waals surface area contributed by atoms with E-state index in [9.17, 15) is 4.79 Å². The fourth-order valence-corrected chi connectivity index (χ4v) is 2.43. The Morgan fingerprint density at radius 3 is 2.54 bits per heavy atom. The van der Waals surface area contributed by atoms with Crippen LogP contribution in [0.3, 0.4) is 0 Å². The van der Waals surface area contributed by atoms with Gasteiger partial charge in [-0.05, 0) is 24.7 Å². The molecule has 1 amide bonds.